The van der Waals surface area contributed by atoms with E-state index in [2.05, 4.69) is 5.32 Å². The van der Waals surface area contributed by atoms with Gasteiger partial charge in [-0.15, -0.1) is 0 Å². The van der Waals surface area contributed by atoms with Crippen molar-refractivity contribution in [3.8, 4) is 0 Å². The quantitative estimate of drug-likeness (QED) is 0.911. The lowest BCUT2D eigenvalue weighted by Gasteiger charge is -2.18. The molecule has 0 radical (unpaired) electrons. The molecule has 1 saturated heterocycles. The number of carbonyl (C=O) groups excluding carboxylic acids is 2. The van der Waals surface area contributed by atoms with Gasteiger partial charge in [-0.05, 0) is 36.4 Å². The molecule has 0 spiro atoms. The average Bonchev–Trinajstić information content (AvgIpc) is 2.92. The Bertz CT molecular complexity index is 747. The van der Waals surface area contributed by atoms with Crippen molar-refractivity contribution in [2.24, 2.45) is 5.92 Å². The molecule has 2 aromatic rings. The van der Waals surface area contributed by atoms with Gasteiger partial charge >= 0.3 is 0 Å². The number of hydrogen-bond acceptors (Lipinski definition) is 2. The molecule has 2 aromatic carbocycles. The van der Waals surface area contributed by atoms with Gasteiger partial charge in [-0.25, -0.2) is 0 Å². The summed E-state index contributed by atoms with van der Waals surface area (Å²) in [7, 11) is 0. The number of anilines is 2. The normalized spacial score (nSPS) is 17.4. The number of hydrogen-bond donors (Lipinski definition) is 1. The molecule has 1 N–H and O–H groups in total. The van der Waals surface area contributed by atoms with Crippen molar-refractivity contribution in [2.75, 3.05) is 16.8 Å². The summed E-state index contributed by atoms with van der Waals surface area (Å²) in [5.74, 6) is -0.695. The molecule has 0 aromatic heterocycles. The Morgan fingerprint density at radius 2 is 1.78 bits per heavy atom. The Hall–Kier alpha value is -2.04. The number of para-hydroxylation sites is 1. The molecule has 6 heteroatoms. The average molecular weight is 349 g/mol. The van der Waals surface area contributed by atoms with E-state index in [0.29, 0.717) is 28.0 Å². The Labute approximate surface area is 144 Å². The van der Waals surface area contributed by atoms with E-state index in [9.17, 15) is 9.59 Å². The minimum atomic E-state index is -0.408. The molecular formula is C17H14Cl2N2O2. The number of halogens is 2. The monoisotopic (exact) mass is 348 g/mol. The third-order valence-electron chi connectivity index (χ3n) is 3.75. The van der Waals surface area contributed by atoms with Gasteiger partial charge in [0.05, 0.1) is 16.6 Å². The van der Waals surface area contributed by atoms with Crippen molar-refractivity contribution < 1.29 is 9.59 Å². The molecule has 1 aliphatic heterocycles. The van der Waals surface area contributed by atoms with Crippen molar-refractivity contribution in [3.05, 3.63) is 58.6 Å². The molecule has 0 bridgehead atoms. The van der Waals surface area contributed by atoms with Crippen LogP contribution in [0.5, 0.6) is 0 Å². The zero-order valence-corrected chi connectivity index (χ0v) is 13.6. The topological polar surface area (TPSA) is 49.4 Å². The highest BCUT2D eigenvalue weighted by molar-refractivity contribution is 6.34. The molecule has 4 nitrogen and oxygen atoms in total. The van der Waals surface area contributed by atoms with Crippen LogP contribution in [-0.2, 0) is 9.59 Å². The van der Waals surface area contributed by atoms with Gasteiger partial charge < -0.3 is 10.2 Å². The van der Waals surface area contributed by atoms with E-state index >= 15 is 0 Å². The van der Waals surface area contributed by atoms with E-state index in [1.807, 2.05) is 6.07 Å². The molecule has 0 saturated carbocycles. The highest BCUT2D eigenvalue weighted by Gasteiger charge is 2.35. The molecule has 0 unspecified atom stereocenters. The summed E-state index contributed by atoms with van der Waals surface area (Å²) < 4.78 is 0. The lowest BCUT2D eigenvalue weighted by Crippen LogP contribution is -2.28. The molecule has 118 valence electrons. The minimum Gasteiger partial charge on any atom is -0.326 e. The van der Waals surface area contributed by atoms with E-state index in [-0.39, 0.29) is 18.2 Å². The first-order chi connectivity index (χ1) is 11.0. The van der Waals surface area contributed by atoms with Crippen LogP contribution in [0.1, 0.15) is 6.42 Å². The summed E-state index contributed by atoms with van der Waals surface area (Å²) in [5.41, 5.74) is 1.30. The van der Waals surface area contributed by atoms with E-state index < -0.39 is 5.92 Å². The van der Waals surface area contributed by atoms with Crippen molar-refractivity contribution in [1.29, 1.82) is 0 Å². The first-order valence-electron chi connectivity index (χ1n) is 7.16. The number of nitrogens with zero attached hydrogens (tertiary/aromatic N) is 1. The maximum Gasteiger partial charge on any atom is 0.229 e. The molecular weight excluding hydrogens is 335 g/mol. The fourth-order valence-corrected chi connectivity index (χ4v) is 2.93. The Kier molecular flexibility index (Phi) is 4.55. The standard InChI is InChI=1S/C17H14Cl2N2O2/c18-12-5-7-13(8-6-12)20-17(23)11-9-16(22)21(10-11)15-4-2-1-3-14(15)19/h1-8,11H,9-10H2,(H,20,23)/t11-/m1/s1. The SMILES string of the molecule is O=C(Nc1ccc(Cl)cc1)[C@@H]1CC(=O)N(c2ccccc2Cl)C1. The lowest BCUT2D eigenvalue weighted by molar-refractivity contribution is -0.122. The van der Waals surface area contributed by atoms with E-state index in [1.54, 1.807) is 47.4 Å². The largest absolute Gasteiger partial charge is 0.326 e. The maximum atomic E-state index is 12.4. The van der Waals surface area contributed by atoms with Gasteiger partial charge in [-0.3, -0.25) is 9.59 Å². The fourth-order valence-electron chi connectivity index (χ4n) is 2.56. The van der Waals surface area contributed by atoms with E-state index in [0.717, 1.165) is 0 Å². The third kappa shape index (κ3) is 3.49. The second-order valence-corrected chi connectivity index (χ2v) is 6.20. The van der Waals surface area contributed by atoms with Crippen LogP contribution in [0.2, 0.25) is 10.0 Å². The smallest absolute Gasteiger partial charge is 0.229 e. The predicted octanol–water partition coefficient (Wildman–Crippen LogP) is 3.99. The van der Waals surface area contributed by atoms with Crippen molar-refractivity contribution in [3.63, 3.8) is 0 Å². The number of carbonyl (C=O) groups is 2. The van der Waals surface area contributed by atoms with Crippen LogP contribution in [0.3, 0.4) is 0 Å². The highest BCUT2D eigenvalue weighted by atomic mass is 35.5. The van der Waals surface area contributed by atoms with Crippen LogP contribution in [0, 0.1) is 5.92 Å². The van der Waals surface area contributed by atoms with Gasteiger partial charge in [-0.1, -0.05) is 35.3 Å². The highest BCUT2D eigenvalue weighted by Crippen LogP contribution is 2.31. The van der Waals surface area contributed by atoms with Crippen LogP contribution >= 0.6 is 23.2 Å². The summed E-state index contributed by atoms with van der Waals surface area (Å²) in [6, 6.07) is 14.0. The Morgan fingerprint density at radius 1 is 1.09 bits per heavy atom. The zero-order valence-electron chi connectivity index (χ0n) is 12.1. The van der Waals surface area contributed by atoms with Gasteiger partial charge in [0.1, 0.15) is 0 Å². The molecule has 23 heavy (non-hydrogen) atoms. The van der Waals surface area contributed by atoms with Gasteiger partial charge in [-0.2, -0.15) is 0 Å². The number of rotatable bonds is 3. The van der Waals surface area contributed by atoms with Crippen molar-refractivity contribution in [1.82, 2.24) is 0 Å². The molecule has 0 aliphatic carbocycles. The van der Waals surface area contributed by atoms with Crippen LogP contribution in [-0.4, -0.2) is 18.4 Å². The maximum absolute atomic E-state index is 12.4. The first-order valence-corrected chi connectivity index (χ1v) is 7.91. The Morgan fingerprint density at radius 3 is 2.48 bits per heavy atom. The first kappa shape index (κ1) is 15.8. The second-order valence-electron chi connectivity index (χ2n) is 5.35. The molecule has 2 amide bonds. The van der Waals surface area contributed by atoms with Crippen LogP contribution in [0.4, 0.5) is 11.4 Å². The molecule has 1 heterocycles. The zero-order chi connectivity index (χ0) is 16.4. The fraction of sp³-hybridized carbons (Fsp3) is 0.176. The van der Waals surface area contributed by atoms with Crippen molar-refractivity contribution in [2.45, 2.75) is 6.42 Å². The minimum absolute atomic E-state index is 0.102. The summed E-state index contributed by atoms with van der Waals surface area (Å²) in [6.45, 7) is 0.321. The van der Waals surface area contributed by atoms with Gasteiger partial charge in [0, 0.05) is 23.7 Å². The van der Waals surface area contributed by atoms with E-state index in [1.165, 1.54) is 0 Å². The van der Waals surface area contributed by atoms with Gasteiger partial charge in [0.15, 0.2) is 0 Å². The van der Waals surface area contributed by atoms with Gasteiger partial charge in [0.25, 0.3) is 0 Å². The summed E-state index contributed by atoms with van der Waals surface area (Å²) >= 11 is 12.0. The van der Waals surface area contributed by atoms with Crippen LogP contribution in [0.15, 0.2) is 48.5 Å². The third-order valence-corrected chi connectivity index (χ3v) is 4.32. The van der Waals surface area contributed by atoms with E-state index in [4.69, 9.17) is 23.2 Å². The van der Waals surface area contributed by atoms with Crippen LogP contribution < -0.4 is 10.2 Å². The number of amides is 2. The van der Waals surface area contributed by atoms with Crippen molar-refractivity contribution >= 4 is 46.4 Å². The number of nitrogens with one attached hydrogen (secondary N) is 1. The van der Waals surface area contributed by atoms with Gasteiger partial charge in [0.2, 0.25) is 11.8 Å². The summed E-state index contributed by atoms with van der Waals surface area (Å²) in [6.07, 6.45) is 0.171. The number of benzene rings is 2. The Balaban J connectivity index is 1.71. The molecule has 1 aliphatic rings. The summed E-state index contributed by atoms with van der Waals surface area (Å²) in [4.78, 5) is 26.1. The van der Waals surface area contributed by atoms with Crippen LogP contribution in [0.25, 0.3) is 0 Å². The lowest BCUT2D eigenvalue weighted by atomic mass is 10.1. The summed E-state index contributed by atoms with van der Waals surface area (Å²) in [5, 5.41) is 3.91. The predicted molar refractivity (Wildman–Crippen MR) is 92.0 cm³/mol. The molecule has 1 atom stereocenters. The molecule has 3 rings (SSSR count). The second kappa shape index (κ2) is 6.60. The molecule has 1 fully saturated rings.